The second-order valence-electron chi connectivity index (χ2n) is 11.8. The maximum atomic E-state index is 13.6. The summed E-state index contributed by atoms with van der Waals surface area (Å²) in [5.41, 5.74) is 2.22. The molecule has 0 saturated heterocycles. The zero-order chi connectivity index (χ0) is 27.9. The minimum Gasteiger partial charge on any atom is -0.444 e. The lowest BCUT2D eigenvalue weighted by Crippen LogP contribution is -2.40. The highest BCUT2D eigenvalue weighted by atomic mass is 16.6. The number of rotatable bonds is 8. The van der Waals surface area contributed by atoms with E-state index in [0.717, 1.165) is 48.2 Å². The second-order valence-corrected chi connectivity index (χ2v) is 11.8. The number of imidazole rings is 1. The van der Waals surface area contributed by atoms with Crippen molar-refractivity contribution in [3.05, 3.63) is 74.7 Å². The molecule has 5 rings (SSSR count). The molecule has 1 fully saturated rings. The van der Waals surface area contributed by atoms with Crippen LogP contribution in [0.3, 0.4) is 0 Å². The number of carbonyl (C=O) groups excluding carboxylic acids is 1. The van der Waals surface area contributed by atoms with Crippen LogP contribution < -0.4 is 16.6 Å². The van der Waals surface area contributed by atoms with Gasteiger partial charge in [-0.15, -0.1) is 0 Å². The molecule has 1 aliphatic rings. The van der Waals surface area contributed by atoms with E-state index in [1.165, 1.54) is 4.57 Å². The van der Waals surface area contributed by atoms with Gasteiger partial charge in [0.05, 0.1) is 28.5 Å². The topological polar surface area (TPSA) is 100 Å². The molecule has 0 spiro atoms. The minimum atomic E-state index is -0.567. The fraction of sp³-hybridized carbons (Fsp3) is 0.467. The summed E-state index contributed by atoms with van der Waals surface area (Å²) in [6, 6.07) is 13.2. The Morgan fingerprint density at radius 3 is 2.51 bits per heavy atom. The molecule has 0 unspecified atom stereocenters. The molecular weight excluding hydrogens is 494 g/mol. The van der Waals surface area contributed by atoms with Crippen LogP contribution in [0.1, 0.15) is 71.3 Å². The van der Waals surface area contributed by atoms with Crippen LogP contribution in [0.4, 0.5) is 4.79 Å². The Kier molecular flexibility index (Phi) is 7.09. The third-order valence-electron chi connectivity index (χ3n) is 6.95. The summed E-state index contributed by atoms with van der Waals surface area (Å²) < 4.78 is 10.6. The van der Waals surface area contributed by atoms with Crippen molar-refractivity contribution in [2.45, 2.75) is 85.2 Å². The van der Waals surface area contributed by atoms with Crippen molar-refractivity contribution in [3.8, 4) is 0 Å². The maximum absolute atomic E-state index is 13.6. The van der Waals surface area contributed by atoms with Gasteiger partial charge in [-0.3, -0.25) is 13.9 Å². The fourth-order valence-electron chi connectivity index (χ4n) is 4.87. The molecule has 39 heavy (non-hydrogen) atoms. The molecule has 2 aromatic carbocycles. The average Bonchev–Trinajstić information content (AvgIpc) is 3.64. The van der Waals surface area contributed by atoms with E-state index in [9.17, 15) is 14.4 Å². The van der Waals surface area contributed by atoms with Crippen LogP contribution in [0.25, 0.3) is 21.9 Å². The van der Waals surface area contributed by atoms with Crippen molar-refractivity contribution in [2.24, 2.45) is 5.92 Å². The smallest absolute Gasteiger partial charge is 0.407 e. The Labute approximate surface area is 227 Å². The highest BCUT2D eigenvalue weighted by Crippen LogP contribution is 2.32. The standard InChI is InChI=1S/C30H37N5O4/c1-19(2)14-15-33-25-13-10-20(17-31-28(37)39-30(3,4)5)16-23(25)32-26(33)18-34-24-9-7-6-8-22(24)27(36)35(29(34)38)21-11-12-21/h6-10,13,16,19,21H,11-12,14-15,17-18H2,1-5H3,(H,31,37). The van der Waals surface area contributed by atoms with E-state index in [0.29, 0.717) is 23.4 Å². The highest BCUT2D eigenvalue weighted by molar-refractivity contribution is 5.79. The van der Waals surface area contributed by atoms with E-state index in [-0.39, 0.29) is 23.8 Å². The van der Waals surface area contributed by atoms with Crippen LogP contribution in [0.5, 0.6) is 0 Å². The van der Waals surface area contributed by atoms with Crippen molar-refractivity contribution in [1.29, 1.82) is 0 Å². The molecule has 4 aromatic rings. The predicted octanol–water partition coefficient (Wildman–Crippen LogP) is 4.97. The summed E-state index contributed by atoms with van der Waals surface area (Å²) in [5, 5.41) is 3.35. The third-order valence-corrected chi connectivity index (χ3v) is 6.95. The molecule has 2 aromatic heterocycles. The first-order valence-electron chi connectivity index (χ1n) is 13.7. The molecule has 1 aliphatic carbocycles. The number of aryl methyl sites for hydroxylation is 1. The van der Waals surface area contributed by atoms with E-state index in [2.05, 4.69) is 23.7 Å². The molecule has 1 saturated carbocycles. The van der Waals surface area contributed by atoms with E-state index < -0.39 is 11.7 Å². The van der Waals surface area contributed by atoms with Gasteiger partial charge in [-0.2, -0.15) is 0 Å². The van der Waals surface area contributed by atoms with Gasteiger partial charge in [0, 0.05) is 19.1 Å². The highest BCUT2D eigenvalue weighted by Gasteiger charge is 2.29. The van der Waals surface area contributed by atoms with Crippen LogP contribution in [-0.4, -0.2) is 30.4 Å². The van der Waals surface area contributed by atoms with E-state index >= 15 is 0 Å². The quantitative estimate of drug-likeness (QED) is 0.346. The molecule has 0 bridgehead atoms. The number of nitrogens with zero attached hydrogens (tertiary/aromatic N) is 4. The number of ether oxygens (including phenoxy) is 1. The van der Waals surface area contributed by atoms with Crippen molar-refractivity contribution < 1.29 is 9.53 Å². The monoisotopic (exact) mass is 531 g/mol. The van der Waals surface area contributed by atoms with Crippen molar-refractivity contribution >= 4 is 28.0 Å². The number of fused-ring (bicyclic) bond motifs is 2. The lowest BCUT2D eigenvalue weighted by molar-refractivity contribution is 0.0523. The summed E-state index contributed by atoms with van der Waals surface area (Å²) in [7, 11) is 0. The number of nitrogens with one attached hydrogen (secondary N) is 1. The summed E-state index contributed by atoms with van der Waals surface area (Å²) in [6.07, 6.45) is 2.18. The van der Waals surface area contributed by atoms with Crippen LogP contribution >= 0.6 is 0 Å². The number of amides is 1. The van der Waals surface area contributed by atoms with Crippen LogP contribution in [-0.2, 0) is 24.4 Å². The normalized spacial score (nSPS) is 13.9. The SMILES string of the molecule is CC(C)CCn1c(Cn2c(=O)n(C3CC3)c(=O)c3ccccc32)nc2cc(CNC(=O)OC(C)(C)C)ccc21. The van der Waals surface area contributed by atoms with Crippen molar-refractivity contribution in [2.75, 3.05) is 0 Å². The van der Waals surface area contributed by atoms with Crippen LogP contribution in [0.2, 0.25) is 0 Å². The number of benzene rings is 2. The molecule has 9 heteroatoms. The minimum absolute atomic E-state index is 0.0272. The average molecular weight is 532 g/mol. The zero-order valence-electron chi connectivity index (χ0n) is 23.4. The van der Waals surface area contributed by atoms with Gasteiger partial charge in [0.25, 0.3) is 5.56 Å². The van der Waals surface area contributed by atoms with Gasteiger partial charge >= 0.3 is 11.8 Å². The first-order valence-corrected chi connectivity index (χ1v) is 13.7. The van der Waals surface area contributed by atoms with E-state index in [1.807, 2.05) is 57.2 Å². The number of hydrogen-bond donors (Lipinski definition) is 1. The van der Waals surface area contributed by atoms with Gasteiger partial charge in [0.15, 0.2) is 0 Å². The first kappa shape index (κ1) is 26.7. The number of para-hydroxylation sites is 1. The Morgan fingerprint density at radius 2 is 1.82 bits per heavy atom. The lowest BCUT2D eigenvalue weighted by Gasteiger charge is -2.19. The Morgan fingerprint density at radius 1 is 1.08 bits per heavy atom. The van der Waals surface area contributed by atoms with Crippen molar-refractivity contribution in [3.63, 3.8) is 0 Å². The Balaban J connectivity index is 1.54. The molecule has 0 radical (unpaired) electrons. The van der Waals surface area contributed by atoms with Gasteiger partial charge in [0.2, 0.25) is 0 Å². The summed E-state index contributed by atoms with van der Waals surface area (Å²) in [5.74, 6) is 1.25. The number of hydrogen-bond acceptors (Lipinski definition) is 5. The Hall–Kier alpha value is -3.88. The molecule has 0 atom stereocenters. The van der Waals surface area contributed by atoms with E-state index in [4.69, 9.17) is 9.72 Å². The van der Waals surface area contributed by atoms with Crippen molar-refractivity contribution in [1.82, 2.24) is 24.0 Å². The second kappa shape index (κ2) is 10.4. The summed E-state index contributed by atoms with van der Waals surface area (Å²) in [6.45, 7) is 11.2. The molecule has 1 N–H and O–H groups in total. The maximum Gasteiger partial charge on any atom is 0.407 e. The lowest BCUT2D eigenvalue weighted by atomic mass is 10.1. The fourth-order valence-corrected chi connectivity index (χ4v) is 4.87. The third kappa shape index (κ3) is 5.77. The molecule has 206 valence electrons. The number of carbonyl (C=O) groups is 1. The summed E-state index contributed by atoms with van der Waals surface area (Å²) in [4.78, 5) is 43.9. The van der Waals surface area contributed by atoms with Crippen LogP contribution in [0.15, 0.2) is 52.1 Å². The summed E-state index contributed by atoms with van der Waals surface area (Å²) >= 11 is 0. The number of aromatic nitrogens is 4. The predicted molar refractivity (Wildman–Crippen MR) is 152 cm³/mol. The van der Waals surface area contributed by atoms with E-state index in [1.54, 1.807) is 10.6 Å². The molecular formula is C30H37N5O4. The molecule has 0 aliphatic heterocycles. The zero-order valence-corrected chi connectivity index (χ0v) is 23.4. The van der Waals surface area contributed by atoms with Crippen LogP contribution in [0, 0.1) is 5.92 Å². The first-order chi connectivity index (χ1) is 18.5. The van der Waals surface area contributed by atoms with Gasteiger partial charge in [-0.1, -0.05) is 32.0 Å². The van der Waals surface area contributed by atoms with Gasteiger partial charge in [-0.05, 0) is 75.8 Å². The Bertz CT molecular complexity index is 1650. The largest absolute Gasteiger partial charge is 0.444 e. The molecule has 9 nitrogen and oxygen atoms in total. The van der Waals surface area contributed by atoms with Gasteiger partial charge in [0.1, 0.15) is 11.4 Å². The molecule has 2 heterocycles. The van der Waals surface area contributed by atoms with Gasteiger partial charge < -0.3 is 14.6 Å². The number of alkyl carbamates (subject to hydrolysis) is 1. The molecule has 1 amide bonds. The van der Waals surface area contributed by atoms with Gasteiger partial charge in [-0.25, -0.2) is 14.6 Å².